The minimum atomic E-state index is -5.28. The molecule has 4 atom stereocenters. The molecule has 6 heteroatoms. The molecule has 84 valence electrons. The first-order chi connectivity index (χ1) is 6.14. The van der Waals surface area contributed by atoms with E-state index in [0.717, 1.165) is 0 Å². The van der Waals surface area contributed by atoms with E-state index < -0.39 is 27.6 Å². The average molecular weight is 244 g/mol. The van der Waals surface area contributed by atoms with Crippen molar-refractivity contribution in [3.8, 4) is 0 Å². The number of hydrogen-bond donors (Lipinski definition) is 0. The SMILES string of the molecule is C[C@@H]1[C@H](C)[C@H](C)[Si](F)(F)[Si](F)(F)[C@@H]1C. The summed E-state index contributed by atoms with van der Waals surface area (Å²) in [6.07, 6.45) is 0. The van der Waals surface area contributed by atoms with Crippen LogP contribution in [0.3, 0.4) is 0 Å². The van der Waals surface area contributed by atoms with Gasteiger partial charge in [-0.2, -0.15) is 0 Å². The fraction of sp³-hybridized carbons (Fsp3) is 1.00. The van der Waals surface area contributed by atoms with Crippen LogP contribution in [0.5, 0.6) is 0 Å². The van der Waals surface area contributed by atoms with E-state index in [1.807, 2.05) is 0 Å². The first-order valence-corrected chi connectivity index (χ1v) is 9.56. The lowest BCUT2D eigenvalue weighted by Crippen LogP contribution is -2.63. The fourth-order valence-electron chi connectivity index (χ4n) is 2.18. The van der Waals surface area contributed by atoms with Gasteiger partial charge in [0.2, 0.25) is 0 Å². The first kappa shape index (κ1) is 12.2. The van der Waals surface area contributed by atoms with Gasteiger partial charge in [-0.05, 0) is 11.8 Å². The van der Waals surface area contributed by atoms with Gasteiger partial charge in [0.05, 0.1) is 0 Å². The monoisotopic (exact) mass is 244 g/mol. The van der Waals surface area contributed by atoms with Gasteiger partial charge in [0.25, 0.3) is 0 Å². The summed E-state index contributed by atoms with van der Waals surface area (Å²) < 4.78 is 54.0. The van der Waals surface area contributed by atoms with Crippen LogP contribution in [0.1, 0.15) is 27.7 Å². The predicted octanol–water partition coefficient (Wildman–Crippen LogP) is 3.89. The molecule has 0 saturated carbocycles. The Hall–Kier alpha value is 0.154. The lowest BCUT2D eigenvalue weighted by atomic mass is 9.90. The molecule has 1 heterocycles. The van der Waals surface area contributed by atoms with Gasteiger partial charge in [-0.25, -0.2) is 0 Å². The van der Waals surface area contributed by atoms with Crippen molar-refractivity contribution in [2.24, 2.45) is 11.8 Å². The van der Waals surface area contributed by atoms with Crippen LogP contribution >= 0.6 is 0 Å². The quantitative estimate of drug-likeness (QED) is 0.344. The molecule has 1 rings (SSSR count). The highest BCUT2D eigenvalue weighted by molar-refractivity contribution is 7.32. The molecule has 1 fully saturated rings. The van der Waals surface area contributed by atoms with E-state index in [2.05, 4.69) is 0 Å². The maximum absolute atomic E-state index is 13.5. The lowest BCUT2D eigenvalue weighted by molar-refractivity contribution is 0.293. The molecule has 14 heavy (non-hydrogen) atoms. The smallest absolute Gasteiger partial charge is 0.268 e. The van der Waals surface area contributed by atoms with Gasteiger partial charge in [0.1, 0.15) is 0 Å². The zero-order valence-electron chi connectivity index (χ0n) is 8.82. The Bertz CT molecular complexity index is 207. The predicted molar refractivity (Wildman–Crippen MR) is 53.1 cm³/mol. The van der Waals surface area contributed by atoms with Gasteiger partial charge in [0.15, 0.2) is 0 Å². The zero-order chi connectivity index (χ0) is 11.3. The minimum absolute atomic E-state index is 0.279. The summed E-state index contributed by atoms with van der Waals surface area (Å²) in [7, 11) is -10.6. The highest BCUT2D eigenvalue weighted by atomic mass is 29.3. The molecule has 1 aliphatic heterocycles. The number of halogens is 4. The van der Waals surface area contributed by atoms with Crippen molar-refractivity contribution in [1.29, 1.82) is 0 Å². The van der Waals surface area contributed by atoms with Gasteiger partial charge < -0.3 is 0 Å². The molecular weight excluding hydrogens is 228 g/mol. The topological polar surface area (TPSA) is 0 Å². The van der Waals surface area contributed by atoms with Crippen LogP contribution in [0, 0.1) is 11.8 Å². The normalized spacial score (nSPS) is 46.3. The molecule has 0 aliphatic carbocycles. The van der Waals surface area contributed by atoms with Crippen molar-refractivity contribution in [1.82, 2.24) is 0 Å². The molecule has 0 unspecified atom stereocenters. The van der Waals surface area contributed by atoms with E-state index in [4.69, 9.17) is 0 Å². The summed E-state index contributed by atoms with van der Waals surface area (Å²) in [6, 6.07) is 0. The molecule has 1 saturated heterocycles. The Morgan fingerprint density at radius 1 is 0.643 bits per heavy atom. The molecule has 0 radical (unpaired) electrons. The summed E-state index contributed by atoms with van der Waals surface area (Å²) >= 11 is 0. The average Bonchev–Trinajstić information content (AvgIpc) is 2.10. The van der Waals surface area contributed by atoms with Crippen LogP contribution in [0.2, 0.25) is 11.1 Å². The van der Waals surface area contributed by atoms with E-state index in [-0.39, 0.29) is 11.8 Å². The van der Waals surface area contributed by atoms with Crippen LogP contribution in [-0.2, 0) is 0 Å². The molecule has 0 aromatic rings. The van der Waals surface area contributed by atoms with Gasteiger partial charge in [-0.1, -0.05) is 27.7 Å². The molecule has 0 aromatic heterocycles. The molecule has 0 nitrogen and oxygen atoms in total. The summed E-state index contributed by atoms with van der Waals surface area (Å²) in [5.74, 6) is -0.558. The van der Waals surface area contributed by atoms with Crippen molar-refractivity contribution in [3.05, 3.63) is 0 Å². The second-order valence-corrected chi connectivity index (χ2v) is 12.9. The Kier molecular flexibility index (Phi) is 2.91. The summed E-state index contributed by atoms with van der Waals surface area (Å²) in [5, 5.41) is 0. The van der Waals surface area contributed by atoms with Crippen molar-refractivity contribution < 1.29 is 16.4 Å². The number of rotatable bonds is 0. The second-order valence-electron chi connectivity index (χ2n) is 4.54. The third-order valence-electron chi connectivity index (χ3n) is 3.99. The molecule has 0 bridgehead atoms. The van der Waals surface area contributed by atoms with Crippen molar-refractivity contribution in [2.45, 2.75) is 38.8 Å². The van der Waals surface area contributed by atoms with Gasteiger partial charge in [-0.15, -0.1) is 0 Å². The van der Waals surface area contributed by atoms with Gasteiger partial charge in [-0.3, -0.25) is 16.4 Å². The third kappa shape index (κ3) is 1.38. The van der Waals surface area contributed by atoms with Crippen LogP contribution in [0.15, 0.2) is 0 Å². The summed E-state index contributed by atoms with van der Waals surface area (Å²) in [4.78, 5) is 0. The van der Waals surface area contributed by atoms with Gasteiger partial charge >= 0.3 is 16.5 Å². The molecule has 0 aromatic carbocycles. The van der Waals surface area contributed by atoms with Crippen LogP contribution in [0.25, 0.3) is 0 Å². The van der Waals surface area contributed by atoms with Crippen LogP contribution < -0.4 is 0 Å². The molecule has 1 aliphatic rings. The Balaban J connectivity index is 3.10. The van der Waals surface area contributed by atoms with Gasteiger partial charge in [0, 0.05) is 11.1 Å². The third-order valence-corrected chi connectivity index (χ3v) is 13.6. The molecule has 0 amide bonds. The maximum Gasteiger partial charge on any atom is 0.480 e. The van der Waals surface area contributed by atoms with E-state index in [0.29, 0.717) is 0 Å². The van der Waals surface area contributed by atoms with Crippen LogP contribution in [0.4, 0.5) is 16.4 Å². The highest BCUT2D eigenvalue weighted by Gasteiger charge is 2.75. The maximum atomic E-state index is 13.5. The largest absolute Gasteiger partial charge is 0.480 e. The van der Waals surface area contributed by atoms with Crippen molar-refractivity contribution in [3.63, 3.8) is 0 Å². The number of hydrogen-bond acceptors (Lipinski definition) is 0. The second kappa shape index (κ2) is 3.33. The van der Waals surface area contributed by atoms with E-state index in [1.54, 1.807) is 13.8 Å². The van der Waals surface area contributed by atoms with E-state index in [1.165, 1.54) is 13.8 Å². The Morgan fingerprint density at radius 2 is 0.857 bits per heavy atom. The summed E-state index contributed by atoms with van der Waals surface area (Å²) in [6.45, 7) is 5.97. The standard InChI is InChI=1S/C8H16F4Si2/c1-5-6(2)8(4)14(11,12)13(9,10)7(5)3/h5-8H,1-4H3/t5-,6+,7-,8+. The zero-order valence-corrected chi connectivity index (χ0v) is 10.8. The van der Waals surface area contributed by atoms with E-state index in [9.17, 15) is 16.4 Å². The Morgan fingerprint density at radius 3 is 1.07 bits per heavy atom. The minimum Gasteiger partial charge on any atom is -0.268 e. The van der Waals surface area contributed by atoms with Crippen molar-refractivity contribution in [2.75, 3.05) is 0 Å². The first-order valence-electron chi connectivity index (χ1n) is 4.89. The Labute approximate surface area is 84.2 Å². The molecule has 0 N–H and O–H groups in total. The lowest BCUT2D eigenvalue weighted by Gasteiger charge is -2.43. The van der Waals surface area contributed by atoms with Crippen molar-refractivity contribution >= 4 is 16.5 Å². The summed E-state index contributed by atoms with van der Waals surface area (Å²) in [5.41, 5.74) is -2.12. The highest BCUT2D eigenvalue weighted by Crippen LogP contribution is 2.55. The molecular formula is C8H16F4Si2. The molecule has 0 spiro atoms. The fourth-order valence-corrected chi connectivity index (χ4v) is 10.5. The van der Waals surface area contributed by atoms with E-state index >= 15 is 0 Å². The van der Waals surface area contributed by atoms with Crippen LogP contribution in [-0.4, -0.2) is 16.5 Å².